The molecule has 1 aromatic heterocycles. The number of amides is 1. The molecule has 0 fully saturated rings. The average molecular weight is 416 g/mol. The molecule has 0 spiro atoms. The molecule has 0 saturated carbocycles. The fourth-order valence-electron chi connectivity index (χ4n) is 3.59. The third kappa shape index (κ3) is 2.24. The summed E-state index contributed by atoms with van der Waals surface area (Å²) in [6, 6.07) is 11.7. The van der Waals surface area contributed by atoms with E-state index in [0.29, 0.717) is 6.54 Å². The first-order valence-corrected chi connectivity index (χ1v) is 9.69. The van der Waals surface area contributed by atoms with Crippen molar-refractivity contribution >= 4 is 44.6 Å². The Balaban J connectivity index is 1.66. The largest absolute Gasteiger partial charge is 0.497 e. The van der Waals surface area contributed by atoms with Gasteiger partial charge in [0.25, 0.3) is 5.91 Å². The predicted molar refractivity (Wildman–Crippen MR) is 100 cm³/mol. The van der Waals surface area contributed by atoms with Crippen molar-refractivity contribution in [3.05, 3.63) is 57.8 Å². The minimum absolute atomic E-state index is 0.0729. The SMILES string of the molecule is COc1ccc2oc3c(c2c1)CCN1C(=O)c2cc(Br)ccc2SC31. The smallest absolute Gasteiger partial charge is 0.256 e. The highest BCUT2D eigenvalue weighted by Gasteiger charge is 2.40. The van der Waals surface area contributed by atoms with E-state index in [9.17, 15) is 4.79 Å². The Morgan fingerprint density at radius 1 is 1.28 bits per heavy atom. The first kappa shape index (κ1) is 15.3. The van der Waals surface area contributed by atoms with Gasteiger partial charge in [0.15, 0.2) is 0 Å². The Hall–Kier alpha value is -1.92. The summed E-state index contributed by atoms with van der Waals surface area (Å²) in [6.45, 7) is 0.696. The lowest BCUT2D eigenvalue weighted by Gasteiger charge is -2.38. The number of carbonyl (C=O) groups excluding carboxylic acids is 1. The summed E-state index contributed by atoms with van der Waals surface area (Å²) in [5.74, 6) is 1.78. The second-order valence-electron chi connectivity index (χ2n) is 6.17. The van der Waals surface area contributed by atoms with Gasteiger partial charge in [-0.05, 0) is 42.8 Å². The summed E-state index contributed by atoms with van der Waals surface area (Å²) < 4.78 is 12.4. The summed E-state index contributed by atoms with van der Waals surface area (Å²) in [5.41, 5.74) is 2.80. The first-order valence-electron chi connectivity index (χ1n) is 8.02. The lowest BCUT2D eigenvalue weighted by atomic mass is 10.0. The zero-order chi connectivity index (χ0) is 17.1. The van der Waals surface area contributed by atoms with Gasteiger partial charge in [0.05, 0.1) is 12.7 Å². The van der Waals surface area contributed by atoms with E-state index in [1.165, 1.54) is 5.56 Å². The van der Waals surface area contributed by atoms with E-state index in [1.807, 2.05) is 41.3 Å². The van der Waals surface area contributed by atoms with Crippen molar-refractivity contribution in [2.45, 2.75) is 16.7 Å². The normalized spacial score (nSPS) is 18.7. The number of halogens is 1. The van der Waals surface area contributed by atoms with E-state index < -0.39 is 0 Å². The number of ether oxygens (including phenoxy) is 1. The van der Waals surface area contributed by atoms with Crippen LogP contribution in [-0.4, -0.2) is 24.5 Å². The number of hydrogen-bond acceptors (Lipinski definition) is 4. The minimum atomic E-state index is -0.108. The molecule has 3 heterocycles. The van der Waals surface area contributed by atoms with E-state index in [-0.39, 0.29) is 11.3 Å². The molecular formula is C19H14BrNO3S. The van der Waals surface area contributed by atoms with Gasteiger partial charge in [0, 0.05) is 26.9 Å². The van der Waals surface area contributed by atoms with Gasteiger partial charge in [-0.1, -0.05) is 27.7 Å². The molecule has 0 N–H and O–H groups in total. The van der Waals surface area contributed by atoms with Gasteiger partial charge >= 0.3 is 0 Å². The van der Waals surface area contributed by atoms with E-state index in [4.69, 9.17) is 9.15 Å². The molecule has 1 unspecified atom stereocenters. The fourth-order valence-corrected chi connectivity index (χ4v) is 5.24. The van der Waals surface area contributed by atoms with Crippen LogP contribution >= 0.6 is 27.7 Å². The Morgan fingerprint density at radius 2 is 2.16 bits per heavy atom. The van der Waals surface area contributed by atoms with Crippen LogP contribution in [0.25, 0.3) is 11.0 Å². The van der Waals surface area contributed by atoms with Crippen molar-refractivity contribution in [2.24, 2.45) is 0 Å². The van der Waals surface area contributed by atoms with Gasteiger partial charge < -0.3 is 14.1 Å². The zero-order valence-electron chi connectivity index (χ0n) is 13.4. The van der Waals surface area contributed by atoms with Gasteiger partial charge in [0.2, 0.25) is 0 Å². The van der Waals surface area contributed by atoms with E-state index in [0.717, 1.165) is 43.8 Å². The second kappa shape index (κ2) is 5.54. The lowest BCUT2D eigenvalue weighted by molar-refractivity contribution is 0.0701. The zero-order valence-corrected chi connectivity index (χ0v) is 15.8. The number of nitrogens with zero attached hydrogens (tertiary/aromatic N) is 1. The standard InChI is InChI=1S/C19H14BrNO3S/c1-23-11-3-4-15-13(9-11)12-6-7-21-18(22)14-8-10(20)2-5-16(14)25-19(21)17(12)24-15/h2-5,8-9,19H,6-7H2,1H3. The first-order chi connectivity index (χ1) is 12.2. The van der Waals surface area contributed by atoms with E-state index >= 15 is 0 Å². The lowest BCUT2D eigenvalue weighted by Crippen LogP contribution is -2.40. The van der Waals surface area contributed by atoms with Crippen molar-refractivity contribution in [1.29, 1.82) is 0 Å². The van der Waals surface area contributed by atoms with Crippen molar-refractivity contribution in [3.8, 4) is 5.75 Å². The minimum Gasteiger partial charge on any atom is -0.497 e. The molecule has 6 heteroatoms. The topological polar surface area (TPSA) is 42.7 Å². The molecular weight excluding hydrogens is 402 g/mol. The van der Waals surface area contributed by atoms with Crippen molar-refractivity contribution in [1.82, 2.24) is 4.90 Å². The molecule has 2 aromatic carbocycles. The number of furan rings is 1. The Morgan fingerprint density at radius 3 is 3.00 bits per heavy atom. The fraction of sp³-hybridized carbons (Fsp3) is 0.211. The molecule has 3 aromatic rings. The quantitative estimate of drug-likeness (QED) is 0.560. The molecule has 2 aliphatic rings. The van der Waals surface area contributed by atoms with Gasteiger partial charge in [0.1, 0.15) is 22.5 Å². The number of rotatable bonds is 1. The van der Waals surface area contributed by atoms with Gasteiger partial charge in [-0.3, -0.25) is 4.79 Å². The third-order valence-electron chi connectivity index (χ3n) is 4.81. The maximum Gasteiger partial charge on any atom is 0.256 e. The van der Waals surface area contributed by atoms with Gasteiger partial charge in [-0.2, -0.15) is 0 Å². The van der Waals surface area contributed by atoms with Crippen molar-refractivity contribution in [2.75, 3.05) is 13.7 Å². The van der Waals surface area contributed by atoms with Crippen LogP contribution in [0.3, 0.4) is 0 Å². The highest BCUT2D eigenvalue weighted by molar-refractivity contribution is 9.10. The average Bonchev–Trinajstić information content (AvgIpc) is 3.00. The van der Waals surface area contributed by atoms with Crippen molar-refractivity contribution < 1.29 is 13.9 Å². The number of hydrogen-bond donors (Lipinski definition) is 0. The highest BCUT2D eigenvalue weighted by atomic mass is 79.9. The van der Waals surface area contributed by atoms with Crippen LogP contribution in [-0.2, 0) is 6.42 Å². The monoisotopic (exact) mass is 415 g/mol. The van der Waals surface area contributed by atoms with Crippen LogP contribution in [0.1, 0.15) is 27.1 Å². The van der Waals surface area contributed by atoms with E-state index in [1.54, 1.807) is 18.9 Å². The van der Waals surface area contributed by atoms with E-state index in [2.05, 4.69) is 15.9 Å². The molecule has 126 valence electrons. The molecule has 0 aliphatic carbocycles. The molecule has 0 bridgehead atoms. The number of thioether (sulfide) groups is 1. The predicted octanol–water partition coefficient (Wildman–Crippen LogP) is 5.01. The highest BCUT2D eigenvalue weighted by Crippen LogP contribution is 2.50. The molecule has 0 saturated heterocycles. The van der Waals surface area contributed by atoms with Crippen LogP contribution in [0.5, 0.6) is 5.75 Å². The molecule has 0 radical (unpaired) electrons. The maximum absolute atomic E-state index is 13.0. The van der Waals surface area contributed by atoms with Crippen LogP contribution in [0.2, 0.25) is 0 Å². The summed E-state index contributed by atoms with van der Waals surface area (Å²) in [7, 11) is 1.67. The molecule has 25 heavy (non-hydrogen) atoms. The number of methoxy groups -OCH3 is 1. The van der Waals surface area contributed by atoms with Gasteiger partial charge in [-0.25, -0.2) is 0 Å². The number of benzene rings is 2. The summed E-state index contributed by atoms with van der Waals surface area (Å²) in [4.78, 5) is 15.9. The summed E-state index contributed by atoms with van der Waals surface area (Å²) in [5, 5.41) is 0.979. The molecule has 2 aliphatic heterocycles. The Kier molecular flexibility index (Phi) is 3.40. The Labute approximate surface area is 157 Å². The molecule has 1 atom stereocenters. The van der Waals surface area contributed by atoms with Crippen molar-refractivity contribution in [3.63, 3.8) is 0 Å². The summed E-state index contributed by atoms with van der Waals surface area (Å²) >= 11 is 5.14. The maximum atomic E-state index is 13.0. The van der Waals surface area contributed by atoms with Crippen LogP contribution in [0.4, 0.5) is 0 Å². The summed E-state index contributed by atoms with van der Waals surface area (Å²) in [6.07, 6.45) is 0.793. The second-order valence-corrected chi connectivity index (χ2v) is 8.20. The Bertz CT molecular complexity index is 1030. The van der Waals surface area contributed by atoms with Gasteiger partial charge in [-0.15, -0.1) is 0 Å². The number of fused-ring (bicyclic) bond motifs is 6. The molecule has 5 rings (SSSR count). The molecule has 4 nitrogen and oxygen atoms in total. The van der Waals surface area contributed by atoms with Crippen LogP contribution in [0.15, 0.2) is 50.2 Å². The molecule has 1 amide bonds. The van der Waals surface area contributed by atoms with Crippen LogP contribution in [0, 0.1) is 0 Å². The number of carbonyl (C=O) groups is 1. The third-order valence-corrected chi connectivity index (χ3v) is 6.61. The van der Waals surface area contributed by atoms with Crippen LogP contribution < -0.4 is 4.74 Å².